The van der Waals surface area contributed by atoms with Gasteiger partial charge in [0.15, 0.2) is 0 Å². The van der Waals surface area contributed by atoms with Crippen molar-refractivity contribution in [3.05, 3.63) is 59.3 Å². The van der Waals surface area contributed by atoms with Crippen molar-refractivity contribution >= 4 is 5.91 Å². The van der Waals surface area contributed by atoms with Crippen LogP contribution >= 0.6 is 0 Å². The van der Waals surface area contributed by atoms with Crippen LogP contribution in [0.4, 0.5) is 0 Å². The van der Waals surface area contributed by atoms with E-state index in [-0.39, 0.29) is 11.9 Å². The van der Waals surface area contributed by atoms with Crippen molar-refractivity contribution < 1.29 is 9.53 Å². The van der Waals surface area contributed by atoms with E-state index in [1.54, 1.807) is 25.4 Å². The zero-order chi connectivity index (χ0) is 15.4. The highest BCUT2D eigenvalue weighted by Gasteiger charge is 2.19. The second-order valence-electron chi connectivity index (χ2n) is 5.62. The lowest BCUT2D eigenvalue weighted by Crippen LogP contribution is -2.36. The zero-order valence-corrected chi connectivity index (χ0v) is 12.7. The molecule has 1 heterocycles. The molecular formula is C18H20N2O2. The van der Waals surface area contributed by atoms with E-state index in [9.17, 15) is 4.79 Å². The number of nitrogens with zero attached hydrogens (tertiary/aromatic N) is 1. The second kappa shape index (κ2) is 6.60. The molecule has 4 nitrogen and oxygen atoms in total. The maximum absolute atomic E-state index is 12.3. The van der Waals surface area contributed by atoms with Gasteiger partial charge in [-0.2, -0.15) is 0 Å². The van der Waals surface area contributed by atoms with Gasteiger partial charge in [0, 0.05) is 18.3 Å². The SMILES string of the molecule is COc1ccc(C(=O)NC2CCCc3ccccc3C2)cn1. The van der Waals surface area contributed by atoms with Gasteiger partial charge >= 0.3 is 0 Å². The topological polar surface area (TPSA) is 51.2 Å². The molecule has 4 heteroatoms. The Morgan fingerprint density at radius 3 is 2.77 bits per heavy atom. The van der Waals surface area contributed by atoms with Crippen LogP contribution in [0.1, 0.15) is 34.3 Å². The first-order valence-electron chi connectivity index (χ1n) is 7.64. The monoisotopic (exact) mass is 296 g/mol. The number of hydrogen-bond acceptors (Lipinski definition) is 3. The number of aromatic nitrogens is 1. The Kier molecular flexibility index (Phi) is 4.37. The molecule has 114 valence electrons. The third-order valence-corrected chi connectivity index (χ3v) is 4.13. The highest BCUT2D eigenvalue weighted by molar-refractivity contribution is 5.94. The third-order valence-electron chi connectivity index (χ3n) is 4.13. The van der Waals surface area contributed by atoms with E-state index >= 15 is 0 Å². The quantitative estimate of drug-likeness (QED) is 0.886. The molecule has 2 aromatic rings. The maximum atomic E-state index is 12.3. The van der Waals surface area contributed by atoms with Crippen molar-refractivity contribution in [2.45, 2.75) is 31.7 Å². The number of hydrogen-bond donors (Lipinski definition) is 1. The van der Waals surface area contributed by atoms with E-state index in [0.717, 1.165) is 25.7 Å². The van der Waals surface area contributed by atoms with Crippen LogP contribution in [0.2, 0.25) is 0 Å². The van der Waals surface area contributed by atoms with Crippen molar-refractivity contribution in [2.75, 3.05) is 7.11 Å². The molecular weight excluding hydrogens is 276 g/mol. The van der Waals surface area contributed by atoms with Gasteiger partial charge in [-0.05, 0) is 42.9 Å². The molecule has 0 spiro atoms. The smallest absolute Gasteiger partial charge is 0.253 e. The number of carbonyl (C=O) groups excluding carboxylic acids is 1. The highest BCUT2D eigenvalue weighted by Crippen LogP contribution is 2.21. The van der Waals surface area contributed by atoms with Crippen molar-refractivity contribution in [1.82, 2.24) is 10.3 Å². The number of pyridine rings is 1. The molecule has 1 amide bonds. The Balaban J connectivity index is 1.68. The lowest BCUT2D eigenvalue weighted by Gasteiger charge is -2.17. The minimum atomic E-state index is -0.0699. The Morgan fingerprint density at radius 2 is 2.05 bits per heavy atom. The van der Waals surface area contributed by atoms with E-state index in [2.05, 4.69) is 34.6 Å². The average molecular weight is 296 g/mol. The van der Waals surface area contributed by atoms with Gasteiger partial charge in [0.05, 0.1) is 12.7 Å². The van der Waals surface area contributed by atoms with Crippen molar-refractivity contribution in [1.29, 1.82) is 0 Å². The van der Waals surface area contributed by atoms with Crippen LogP contribution in [-0.2, 0) is 12.8 Å². The van der Waals surface area contributed by atoms with Gasteiger partial charge in [0.1, 0.15) is 0 Å². The van der Waals surface area contributed by atoms with E-state index < -0.39 is 0 Å². The molecule has 1 aromatic heterocycles. The first kappa shape index (κ1) is 14.6. The van der Waals surface area contributed by atoms with Gasteiger partial charge in [-0.15, -0.1) is 0 Å². The van der Waals surface area contributed by atoms with Crippen molar-refractivity contribution in [3.63, 3.8) is 0 Å². The molecule has 0 aliphatic heterocycles. The number of nitrogens with one attached hydrogen (secondary N) is 1. The van der Waals surface area contributed by atoms with Crippen LogP contribution in [0, 0.1) is 0 Å². The van der Waals surface area contributed by atoms with Crippen LogP contribution in [0.15, 0.2) is 42.6 Å². The standard InChI is InChI=1S/C18H20N2O2/c1-22-17-10-9-15(12-19-17)18(21)20-16-8-4-7-13-5-2-3-6-14(13)11-16/h2-3,5-6,9-10,12,16H,4,7-8,11H2,1H3,(H,20,21). The number of rotatable bonds is 3. The molecule has 1 aliphatic rings. The zero-order valence-electron chi connectivity index (χ0n) is 12.7. The van der Waals surface area contributed by atoms with Crippen LogP contribution in [0.3, 0.4) is 0 Å². The second-order valence-corrected chi connectivity index (χ2v) is 5.62. The van der Waals surface area contributed by atoms with Gasteiger partial charge in [-0.1, -0.05) is 24.3 Å². The molecule has 22 heavy (non-hydrogen) atoms. The number of carbonyl (C=O) groups is 1. The van der Waals surface area contributed by atoms with Gasteiger partial charge in [-0.25, -0.2) is 4.98 Å². The summed E-state index contributed by atoms with van der Waals surface area (Å²) in [4.78, 5) is 16.4. The Hall–Kier alpha value is -2.36. The summed E-state index contributed by atoms with van der Waals surface area (Å²) < 4.78 is 5.01. The molecule has 0 saturated carbocycles. The molecule has 1 aliphatic carbocycles. The van der Waals surface area contributed by atoms with Crippen molar-refractivity contribution in [3.8, 4) is 5.88 Å². The number of fused-ring (bicyclic) bond motifs is 1. The summed E-state index contributed by atoms with van der Waals surface area (Å²) in [6.07, 6.45) is 5.64. The van der Waals surface area contributed by atoms with Gasteiger partial charge in [-0.3, -0.25) is 4.79 Å². The predicted octanol–water partition coefficient (Wildman–Crippen LogP) is 2.77. The lowest BCUT2D eigenvalue weighted by atomic mass is 10.0. The van der Waals surface area contributed by atoms with Gasteiger partial charge in [0.2, 0.25) is 5.88 Å². The molecule has 0 saturated heterocycles. The van der Waals surface area contributed by atoms with E-state index in [4.69, 9.17) is 4.74 Å². The molecule has 0 radical (unpaired) electrons. The first-order chi connectivity index (χ1) is 10.8. The van der Waals surface area contributed by atoms with Crippen LogP contribution in [-0.4, -0.2) is 24.0 Å². The molecule has 1 unspecified atom stereocenters. The number of ether oxygens (including phenoxy) is 1. The highest BCUT2D eigenvalue weighted by atomic mass is 16.5. The summed E-state index contributed by atoms with van der Waals surface area (Å²) in [6, 6.07) is 12.1. The molecule has 3 rings (SSSR count). The minimum Gasteiger partial charge on any atom is -0.481 e. The summed E-state index contributed by atoms with van der Waals surface area (Å²) in [7, 11) is 1.56. The largest absolute Gasteiger partial charge is 0.481 e. The molecule has 1 aromatic carbocycles. The fourth-order valence-corrected chi connectivity index (χ4v) is 2.93. The third kappa shape index (κ3) is 3.27. The van der Waals surface area contributed by atoms with E-state index in [1.807, 2.05) is 0 Å². The first-order valence-corrected chi connectivity index (χ1v) is 7.64. The van der Waals surface area contributed by atoms with Crippen LogP contribution in [0.5, 0.6) is 5.88 Å². The average Bonchev–Trinajstić information content (AvgIpc) is 2.76. The molecule has 0 bridgehead atoms. The Bertz CT molecular complexity index is 652. The van der Waals surface area contributed by atoms with Gasteiger partial charge < -0.3 is 10.1 Å². The Morgan fingerprint density at radius 1 is 1.23 bits per heavy atom. The number of amides is 1. The fourth-order valence-electron chi connectivity index (χ4n) is 2.93. The number of methoxy groups -OCH3 is 1. The molecule has 0 fully saturated rings. The lowest BCUT2D eigenvalue weighted by molar-refractivity contribution is 0.0934. The molecule has 1 N–H and O–H groups in total. The number of aryl methyl sites for hydroxylation is 1. The normalized spacial score (nSPS) is 17.2. The minimum absolute atomic E-state index is 0.0699. The predicted molar refractivity (Wildman–Crippen MR) is 85.1 cm³/mol. The number of benzene rings is 1. The summed E-state index contributed by atoms with van der Waals surface area (Å²) in [6.45, 7) is 0. The fraction of sp³-hybridized carbons (Fsp3) is 0.333. The van der Waals surface area contributed by atoms with Crippen LogP contribution in [0.25, 0.3) is 0 Å². The maximum Gasteiger partial charge on any atom is 0.253 e. The Labute approximate surface area is 130 Å². The molecule has 1 atom stereocenters. The van der Waals surface area contributed by atoms with Gasteiger partial charge in [0.25, 0.3) is 5.91 Å². The summed E-state index contributed by atoms with van der Waals surface area (Å²) in [5.41, 5.74) is 3.32. The van der Waals surface area contributed by atoms with Crippen molar-refractivity contribution in [2.24, 2.45) is 0 Å². The van der Waals surface area contributed by atoms with E-state index in [1.165, 1.54) is 11.1 Å². The van der Waals surface area contributed by atoms with E-state index in [0.29, 0.717) is 11.4 Å². The summed E-state index contributed by atoms with van der Waals surface area (Å²) in [5, 5.41) is 3.13. The summed E-state index contributed by atoms with van der Waals surface area (Å²) in [5.74, 6) is 0.444. The summed E-state index contributed by atoms with van der Waals surface area (Å²) >= 11 is 0. The van der Waals surface area contributed by atoms with Crippen LogP contribution < -0.4 is 10.1 Å².